The summed E-state index contributed by atoms with van der Waals surface area (Å²) in [5.74, 6) is 0.699. The molecule has 1 fully saturated rings. The Kier molecular flexibility index (Phi) is 6.61. The Morgan fingerprint density at radius 1 is 1.25 bits per heavy atom. The first-order chi connectivity index (χ1) is 12.8. The molecule has 2 rings (SSSR count). The van der Waals surface area contributed by atoms with E-state index in [0.29, 0.717) is 19.0 Å². The predicted molar refractivity (Wildman–Crippen MR) is 114 cm³/mol. The van der Waals surface area contributed by atoms with Crippen LogP contribution in [0.25, 0.3) is 0 Å². The van der Waals surface area contributed by atoms with Gasteiger partial charge in [0.1, 0.15) is 6.33 Å². The molecule has 7 nitrogen and oxygen atoms in total. The molecule has 1 saturated heterocycles. The van der Waals surface area contributed by atoms with Crippen LogP contribution in [0.3, 0.4) is 0 Å². The van der Waals surface area contributed by atoms with Gasteiger partial charge in [0.15, 0.2) is 0 Å². The van der Waals surface area contributed by atoms with Gasteiger partial charge in [-0.05, 0) is 66.6 Å². The van der Waals surface area contributed by atoms with Gasteiger partial charge in [0, 0.05) is 25.2 Å². The van der Waals surface area contributed by atoms with Gasteiger partial charge in [-0.15, -0.1) is 0 Å². The number of carbonyl (C=O) groups is 1. The summed E-state index contributed by atoms with van der Waals surface area (Å²) in [6.45, 7) is 16.8. The number of carbonyl (C=O) groups excluding carboxylic acids is 1. The Morgan fingerprint density at radius 2 is 1.89 bits per heavy atom. The number of hydrogen-bond donors (Lipinski definition) is 0. The predicted octanol–water partition coefficient (Wildman–Crippen LogP) is 3.24. The second-order valence-electron chi connectivity index (χ2n) is 9.46. The summed E-state index contributed by atoms with van der Waals surface area (Å²) in [5, 5.41) is 0.181. The molecule has 0 atom stereocenters. The first kappa shape index (κ1) is 22.8. The van der Waals surface area contributed by atoms with E-state index in [0.717, 1.165) is 19.4 Å². The third-order valence-electron chi connectivity index (χ3n) is 5.95. The van der Waals surface area contributed by atoms with Crippen LogP contribution in [0.4, 0.5) is 5.95 Å². The lowest BCUT2D eigenvalue weighted by Crippen LogP contribution is -2.71. The standard InChI is InChI=1S/C20H35ClN6O/c1-9-10-11-27(17-23-14-22-16(21)24-17)19(4,5)13-26-12-18(2,3)25(8)20(6,7)15(26)28/h14H,9-13H2,1-8H3. The monoisotopic (exact) mass is 410 g/mol. The van der Waals surface area contributed by atoms with Crippen molar-refractivity contribution >= 4 is 23.5 Å². The fourth-order valence-corrected chi connectivity index (χ4v) is 4.12. The van der Waals surface area contributed by atoms with E-state index in [1.807, 2.05) is 25.8 Å². The molecule has 8 heteroatoms. The van der Waals surface area contributed by atoms with E-state index in [1.165, 1.54) is 6.33 Å². The van der Waals surface area contributed by atoms with Crippen molar-refractivity contribution in [2.75, 3.05) is 31.6 Å². The summed E-state index contributed by atoms with van der Waals surface area (Å²) in [7, 11) is 2.03. The number of hydrogen-bond acceptors (Lipinski definition) is 6. The number of aromatic nitrogens is 3. The maximum atomic E-state index is 13.3. The summed E-state index contributed by atoms with van der Waals surface area (Å²) >= 11 is 6.02. The van der Waals surface area contributed by atoms with E-state index >= 15 is 0 Å². The molecule has 0 spiro atoms. The molecule has 28 heavy (non-hydrogen) atoms. The minimum absolute atomic E-state index is 0.113. The highest BCUT2D eigenvalue weighted by atomic mass is 35.5. The van der Waals surface area contributed by atoms with Crippen molar-refractivity contribution in [3.63, 3.8) is 0 Å². The third-order valence-corrected chi connectivity index (χ3v) is 6.13. The highest BCUT2D eigenvalue weighted by molar-refractivity contribution is 6.28. The normalized spacial score (nSPS) is 19.8. The number of rotatable bonds is 7. The number of halogens is 1. The summed E-state index contributed by atoms with van der Waals surface area (Å²) in [4.78, 5) is 32.1. The molecule has 2 heterocycles. The molecular weight excluding hydrogens is 376 g/mol. The van der Waals surface area contributed by atoms with E-state index in [1.54, 1.807) is 0 Å². The van der Waals surface area contributed by atoms with Crippen LogP contribution < -0.4 is 4.90 Å². The van der Waals surface area contributed by atoms with Gasteiger partial charge in [0.2, 0.25) is 17.1 Å². The Labute approximate surface area is 174 Å². The lowest BCUT2D eigenvalue weighted by molar-refractivity contribution is -0.158. The van der Waals surface area contributed by atoms with Gasteiger partial charge in [0.05, 0.1) is 11.1 Å². The Morgan fingerprint density at radius 3 is 2.46 bits per heavy atom. The number of anilines is 1. The van der Waals surface area contributed by atoms with Crippen LogP contribution in [-0.4, -0.2) is 74.0 Å². The van der Waals surface area contributed by atoms with Crippen molar-refractivity contribution in [2.24, 2.45) is 0 Å². The first-order valence-electron chi connectivity index (χ1n) is 9.98. The van der Waals surface area contributed by atoms with Crippen LogP contribution in [0.15, 0.2) is 6.33 Å². The number of piperazine rings is 1. The Bertz CT molecular complexity index is 706. The lowest BCUT2D eigenvalue weighted by atomic mass is 9.86. The van der Waals surface area contributed by atoms with Gasteiger partial charge in [-0.2, -0.15) is 4.98 Å². The Balaban J connectivity index is 2.33. The molecule has 0 N–H and O–H groups in total. The van der Waals surface area contributed by atoms with E-state index in [-0.39, 0.29) is 22.3 Å². The molecule has 1 aromatic heterocycles. The maximum Gasteiger partial charge on any atom is 0.242 e. The van der Waals surface area contributed by atoms with Crippen LogP contribution in [0, 0.1) is 0 Å². The zero-order valence-electron chi connectivity index (χ0n) is 18.6. The molecular formula is C20H35ClN6O. The van der Waals surface area contributed by atoms with Crippen molar-refractivity contribution in [3.8, 4) is 0 Å². The average Bonchev–Trinajstić information content (AvgIpc) is 2.58. The van der Waals surface area contributed by atoms with Crippen molar-refractivity contribution in [1.82, 2.24) is 24.8 Å². The summed E-state index contributed by atoms with van der Waals surface area (Å²) in [5.41, 5.74) is -1.03. The molecule has 0 unspecified atom stereocenters. The van der Waals surface area contributed by atoms with Crippen molar-refractivity contribution < 1.29 is 4.79 Å². The molecule has 0 saturated carbocycles. The van der Waals surface area contributed by atoms with E-state index < -0.39 is 5.54 Å². The maximum absolute atomic E-state index is 13.3. The Hall–Kier alpha value is -1.47. The van der Waals surface area contributed by atoms with Gasteiger partial charge in [-0.3, -0.25) is 9.69 Å². The van der Waals surface area contributed by atoms with Gasteiger partial charge < -0.3 is 9.80 Å². The largest absolute Gasteiger partial charge is 0.337 e. The molecule has 1 aromatic rings. The van der Waals surface area contributed by atoms with Crippen molar-refractivity contribution in [3.05, 3.63) is 11.6 Å². The summed E-state index contributed by atoms with van der Waals surface area (Å²) < 4.78 is 0. The number of nitrogens with zero attached hydrogens (tertiary/aromatic N) is 6. The molecule has 0 aromatic carbocycles. The van der Waals surface area contributed by atoms with E-state index in [4.69, 9.17) is 11.6 Å². The van der Waals surface area contributed by atoms with E-state index in [9.17, 15) is 4.79 Å². The molecule has 1 amide bonds. The van der Waals surface area contributed by atoms with Crippen LogP contribution >= 0.6 is 11.6 Å². The van der Waals surface area contributed by atoms with Gasteiger partial charge in [-0.25, -0.2) is 9.97 Å². The summed E-state index contributed by atoms with van der Waals surface area (Å²) in [6.07, 6.45) is 3.49. The zero-order chi connectivity index (χ0) is 21.3. The highest BCUT2D eigenvalue weighted by Gasteiger charge is 2.49. The molecule has 1 aliphatic heterocycles. The third kappa shape index (κ3) is 4.57. The van der Waals surface area contributed by atoms with Crippen molar-refractivity contribution in [2.45, 2.75) is 77.9 Å². The molecule has 158 valence electrons. The topological polar surface area (TPSA) is 65.5 Å². The zero-order valence-corrected chi connectivity index (χ0v) is 19.3. The molecule has 1 aliphatic rings. The fourth-order valence-electron chi connectivity index (χ4n) is 4.00. The highest BCUT2D eigenvalue weighted by Crippen LogP contribution is 2.33. The first-order valence-corrected chi connectivity index (χ1v) is 10.4. The molecule has 0 aliphatic carbocycles. The van der Waals surface area contributed by atoms with Gasteiger partial charge in [-0.1, -0.05) is 13.3 Å². The molecule has 0 radical (unpaired) electrons. The lowest BCUT2D eigenvalue weighted by Gasteiger charge is -2.55. The smallest absolute Gasteiger partial charge is 0.242 e. The van der Waals surface area contributed by atoms with Crippen LogP contribution in [0.1, 0.15) is 61.3 Å². The second-order valence-corrected chi connectivity index (χ2v) is 9.80. The SMILES string of the molecule is CCCCN(c1ncnc(Cl)n1)C(C)(C)CN1CC(C)(C)N(C)C(C)(C)C1=O. The van der Waals surface area contributed by atoms with E-state index in [2.05, 4.69) is 59.4 Å². The second kappa shape index (κ2) is 8.11. The number of amides is 1. The number of unbranched alkanes of at least 4 members (excludes halogenated alkanes) is 1. The van der Waals surface area contributed by atoms with Crippen molar-refractivity contribution in [1.29, 1.82) is 0 Å². The summed E-state index contributed by atoms with van der Waals surface area (Å²) in [6, 6.07) is 0. The average molecular weight is 411 g/mol. The minimum atomic E-state index is -0.553. The van der Waals surface area contributed by atoms with Gasteiger partial charge >= 0.3 is 0 Å². The molecule has 0 bridgehead atoms. The van der Waals surface area contributed by atoms with Crippen LogP contribution in [0.2, 0.25) is 5.28 Å². The number of likely N-dealkylation sites (N-methyl/N-ethyl adjacent to an activating group) is 1. The quantitative estimate of drug-likeness (QED) is 0.687. The fraction of sp³-hybridized carbons (Fsp3) is 0.800. The van der Waals surface area contributed by atoms with Crippen LogP contribution in [-0.2, 0) is 4.79 Å². The van der Waals surface area contributed by atoms with Crippen LogP contribution in [0.5, 0.6) is 0 Å². The van der Waals surface area contributed by atoms with Gasteiger partial charge in [0.25, 0.3) is 0 Å². The minimum Gasteiger partial charge on any atom is -0.337 e.